The number of hydrogen-bond acceptors (Lipinski definition) is 3. The van der Waals surface area contributed by atoms with Crippen molar-refractivity contribution in [2.75, 3.05) is 5.75 Å². The fourth-order valence-electron chi connectivity index (χ4n) is 0.629. The van der Waals surface area contributed by atoms with Crippen molar-refractivity contribution in [2.24, 2.45) is 0 Å². The van der Waals surface area contributed by atoms with Crippen molar-refractivity contribution >= 4 is 11.8 Å². The summed E-state index contributed by atoms with van der Waals surface area (Å²) in [6.07, 6.45) is 3.62. The van der Waals surface area contributed by atoms with Gasteiger partial charge in [-0.25, -0.2) is 9.97 Å². The second kappa shape index (κ2) is 4.13. The molecule has 0 aliphatic heterocycles. The summed E-state index contributed by atoms with van der Waals surface area (Å²) in [4.78, 5) is 8.30. The highest BCUT2D eigenvalue weighted by molar-refractivity contribution is 7.99. The molecule has 2 nitrogen and oxygen atoms in total. The van der Waals surface area contributed by atoms with Crippen LogP contribution >= 0.6 is 11.8 Å². The van der Waals surface area contributed by atoms with Crippen LogP contribution in [0.5, 0.6) is 0 Å². The average Bonchev–Trinajstić information content (AvgIpc) is 2.01. The number of rotatable bonds is 3. The molecule has 0 fully saturated rings. The minimum absolute atomic E-state index is 0.824. The van der Waals surface area contributed by atoms with Crippen molar-refractivity contribution in [3.63, 3.8) is 0 Å². The van der Waals surface area contributed by atoms with Crippen LogP contribution in [0.4, 0.5) is 0 Å². The summed E-state index contributed by atoms with van der Waals surface area (Å²) in [5, 5.41) is 0.824. The van der Waals surface area contributed by atoms with Gasteiger partial charge in [0.05, 0.1) is 0 Å². The molecule has 0 radical (unpaired) electrons. The van der Waals surface area contributed by atoms with E-state index < -0.39 is 0 Å². The molecule has 58 valence electrons. The Hall–Kier alpha value is -0.830. The Balaban J connectivity index is 2.63. The topological polar surface area (TPSA) is 25.8 Å². The Bertz CT molecular complexity index is 248. The number of hydrogen-bond donors (Lipinski definition) is 0. The third-order valence-electron chi connectivity index (χ3n) is 1.10. The van der Waals surface area contributed by atoms with Gasteiger partial charge in [-0.15, -0.1) is 6.58 Å². The summed E-state index contributed by atoms with van der Waals surface area (Å²) >= 11 is 1.59. The Labute approximate surface area is 70.8 Å². The first kappa shape index (κ1) is 8.27. The van der Waals surface area contributed by atoms with Gasteiger partial charge >= 0.3 is 0 Å². The fourth-order valence-corrected chi connectivity index (χ4v) is 1.24. The maximum absolute atomic E-state index is 4.21. The van der Waals surface area contributed by atoms with E-state index in [1.165, 1.54) is 0 Å². The lowest BCUT2D eigenvalue weighted by molar-refractivity contribution is 0.934. The average molecular weight is 166 g/mol. The Morgan fingerprint density at radius 1 is 1.73 bits per heavy atom. The lowest BCUT2D eigenvalue weighted by atomic mass is 10.5. The van der Waals surface area contributed by atoms with Gasteiger partial charge in [-0.3, -0.25) is 0 Å². The Kier molecular flexibility index (Phi) is 3.11. The molecule has 0 unspecified atom stereocenters. The quantitative estimate of drug-likeness (QED) is 0.390. The van der Waals surface area contributed by atoms with Gasteiger partial charge in [-0.1, -0.05) is 17.8 Å². The van der Waals surface area contributed by atoms with E-state index in [1.54, 1.807) is 18.0 Å². The summed E-state index contributed by atoms with van der Waals surface area (Å²) in [6.45, 7) is 5.58. The Morgan fingerprint density at radius 2 is 2.55 bits per heavy atom. The van der Waals surface area contributed by atoms with Crippen LogP contribution in [0.25, 0.3) is 0 Å². The van der Waals surface area contributed by atoms with Gasteiger partial charge in [0.15, 0.2) is 5.16 Å². The minimum Gasteiger partial charge on any atom is -0.231 e. The van der Waals surface area contributed by atoms with E-state index in [1.807, 2.05) is 19.1 Å². The zero-order valence-corrected chi connectivity index (χ0v) is 7.27. The van der Waals surface area contributed by atoms with Crippen LogP contribution in [0, 0.1) is 6.92 Å². The maximum Gasteiger partial charge on any atom is 0.188 e. The predicted molar refractivity (Wildman–Crippen MR) is 47.7 cm³/mol. The molecule has 1 aromatic rings. The SMILES string of the molecule is C=CCSc1nccc(C)n1. The molecule has 0 amide bonds. The molecule has 1 aromatic heterocycles. The second-order valence-corrected chi connectivity index (χ2v) is 3.07. The Morgan fingerprint density at radius 3 is 3.18 bits per heavy atom. The number of thioether (sulfide) groups is 1. The first-order valence-electron chi connectivity index (χ1n) is 3.36. The van der Waals surface area contributed by atoms with Crippen LogP contribution < -0.4 is 0 Å². The molecule has 0 aromatic carbocycles. The zero-order valence-electron chi connectivity index (χ0n) is 6.45. The van der Waals surface area contributed by atoms with E-state index in [0.29, 0.717) is 0 Å². The van der Waals surface area contributed by atoms with Crippen molar-refractivity contribution in [3.8, 4) is 0 Å². The van der Waals surface area contributed by atoms with Gasteiger partial charge < -0.3 is 0 Å². The summed E-state index contributed by atoms with van der Waals surface area (Å²) in [7, 11) is 0. The third kappa shape index (κ3) is 2.72. The zero-order chi connectivity index (χ0) is 8.10. The van der Waals surface area contributed by atoms with Crippen molar-refractivity contribution in [1.82, 2.24) is 9.97 Å². The predicted octanol–water partition coefficient (Wildman–Crippen LogP) is 2.06. The maximum atomic E-state index is 4.21. The first-order chi connectivity index (χ1) is 5.33. The third-order valence-corrected chi connectivity index (χ3v) is 1.96. The highest BCUT2D eigenvalue weighted by atomic mass is 32.2. The second-order valence-electron chi connectivity index (χ2n) is 2.08. The lowest BCUT2D eigenvalue weighted by Gasteiger charge is -1.95. The normalized spacial score (nSPS) is 9.55. The van der Waals surface area contributed by atoms with Crippen LogP contribution in [0.3, 0.4) is 0 Å². The largest absolute Gasteiger partial charge is 0.231 e. The first-order valence-corrected chi connectivity index (χ1v) is 4.35. The van der Waals surface area contributed by atoms with Gasteiger partial charge in [0.25, 0.3) is 0 Å². The van der Waals surface area contributed by atoms with E-state index in [0.717, 1.165) is 16.6 Å². The molecule has 0 saturated heterocycles. The van der Waals surface area contributed by atoms with Crippen LogP contribution in [-0.4, -0.2) is 15.7 Å². The number of aromatic nitrogens is 2. The molecular formula is C8H10N2S. The molecule has 1 heterocycles. The molecule has 0 atom stereocenters. The molecule has 1 rings (SSSR count). The molecule has 11 heavy (non-hydrogen) atoms. The van der Waals surface area contributed by atoms with Gasteiger partial charge in [-0.05, 0) is 13.0 Å². The summed E-state index contributed by atoms with van der Waals surface area (Å²) in [6, 6.07) is 1.89. The van der Waals surface area contributed by atoms with Gasteiger partial charge in [-0.2, -0.15) is 0 Å². The molecule has 0 aliphatic carbocycles. The van der Waals surface area contributed by atoms with Crippen LogP contribution in [0.2, 0.25) is 0 Å². The van der Waals surface area contributed by atoms with Crippen molar-refractivity contribution in [3.05, 3.63) is 30.6 Å². The molecule has 0 aliphatic rings. The smallest absolute Gasteiger partial charge is 0.188 e. The van der Waals surface area contributed by atoms with Crippen LogP contribution in [-0.2, 0) is 0 Å². The molecular weight excluding hydrogens is 156 g/mol. The van der Waals surface area contributed by atoms with Gasteiger partial charge in [0, 0.05) is 17.6 Å². The van der Waals surface area contributed by atoms with Gasteiger partial charge in [0.2, 0.25) is 0 Å². The molecule has 3 heteroatoms. The van der Waals surface area contributed by atoms with E-state index in [-0.39, 0.29) is 0 Å². The minimum atomic E-state index is 0.824. The molecule has 0 saturated carbocycles. The standard InChI is InChI=1S/C8H10N2S/c1-3-6-11-8-9-5-4-7(2)10-8/h3-5H,1,6H2,2H3. The van der Waals surface area contributed by atoms with E-state index >= 15 is 0 Å². The fraction of sp³-hybridized carbons (Fsp3) is 0.250. The highest BCUT2D eigenvalue weighted by Crippen LogP contribution is 2.11. The summed E-state index contributed by atoms with van der Waals surface area (Å²) < 4.78 is 0. The van der Waals surface area contributed by atoms with Crippen molar-refractivity contribution in [1.29, 1.82) is 0 Å². The number of aryl methyl sites for hydroxylation is 1. The molecule has 0 N–H and O–H groups in total. The van der Waals surface area contributed by atoms with Gasteiger partial charge in [0.1, 0.15) is 0 Å². The van der Waals surface area contributed by atoms with E-state index in [4.69, 9.17) is 0 Å². The lowest BCUT2D eigenvalue weighted by Crippen LogP contribution is -1.87. The molecule has 0 spiro atoms. The number of nitrogens with zero attached hydrogens (tertiary/aromatic N) is 2. The van der Waals surface area contributed by atoms with E-state index in [2.05, 4.69) is 16.5 Å². The van der Waals surface area contributed by atoms with Crippen LogP contribution in [0.15, 0.2) is 30.1 Å². The summed E-state index contributed by atoms with van der Waals surface area (Å²) in [5.74, 6) is 0.865. The molecule has 0 bridgehead atoms. The van der Waals surface area contributed by atoms with Crippen molar-refractivity contribution < 1.29 is 0 Å². The monoisotopic (exact) mass is 166 g/mol. The van der Waals surface area contributed by atoms with E-state index in [9.17, 15) is 0 Å². The van der Waals surface area contributed by atoms with Crippen LogP contribution in [0.1, 0.15) is 5.69 Å². The summed E-state index contributed by atoms with van der Waals surface area (Å²) in [5.41, 5.74) is 1.01. The van der Waals surface area contributed by atoms with Crippen molar-refractivity contribution in [2.45, 2.75) is 12.1 Å². The highest BCUT2D eigenvalue weighted by Gasteiger charge is 1.93.